The summed E-state index contributed by atoms with van der Waals surface area (Å²) in [5.74, 6) is 0.110. The van der Waals surface area contributed by atoms with Crippen LogP contribution in [0.2, 0.25) is 5.02 Å². The summed E-state index contributed by atoms with van der Waals surface area (Å²) in [6, 6.07) is 15.6. The third-order valence-corrected chi connectivity index (χ3v) is 3.87. The highest BCUT2D eigenvalue weighted by atomic mass is 35.5. The summed E-state index contributed by atoms with van der Waals surface area (Å²) < 4.78 is 0. The number of aryl methyl sites for hydroxylation is 1. The highest BCUT2D eigenvalue weighted by Gasteiger charge is 2.10. The minimum Gasteiger partial charge on any atom is -0.340 e. The van der Waals surface area contributed by atoms with Crippen molar-refractivity contribution in [1.29, 1.82) is 5.26 Å². The second kappa shape index (κ2) is 7.64. The van der Waals surface area contributed by atoms with Crippen LogP contribution in [-0.4, -0.2) is 15.9 Å². The van der Waals surface area contributed by atoms with Gasteiger partial charge in [-0.25, -0.2) is 9.97 Å². The molecule has 3 rings (SSSR count). The molecule has 0 saturated carbocycles. The Kier molecular flexibility index (Phi) is 5.11. The van der Waals surface area contributed by atoms with Crippen LogP contribution in [0.5, 0.6) is 0 Å². The van der Waals surface area contributed by atoms with Gasteiger partial charge < -0.3 is 10.6 Å². The molecule has 0 saturated heterocycles. The number of carbonyl (C=O) groups excluding carboxylic acids is 1. The highest BCUT2D eigenvalue weighted by molar-refractivity contribution is 6.30. The van der Waals surface area contributed by atoms with Crippen LogP contribution in [0.25, 0.3) is 0 Å². The Morgan fingerprint density at radius 1 is 1.12 bits per heavy atom. The van der Waals surface area contributed by atoms with Crippen molar-refractivity contribution in [2.75, 3.05) is 10.6 Å². The molecule has 7 heteroatoms. The smallest absolute Gasteiger partial charge is 0.274 e. The zero-order valence-corrected chi connectivity index (χ0v) is 14.6. The van der Waals surface area contributed by atoms with Gasteiger partial charge in [0.05, 0.1) is 11.6 Å². The lowest BCUT2D eigenvalue weighted by Crippen LogP contribution is -2.14. The normalized spacial score (nSPS) is 10.0. The van der Waals surface area contributed by atoms with Gasteiger partial charge >= 0.3 is 0 Å². The van der Waals surface area contributed by atoms with E-state index in [1.165, 1.54) is 6.33 Å². The molecule has 1 aromatic heterocycles. The third kappa shape index (κ3) is 4.15. The number of benzene rings is 2. The van der Waals surface area contributed by atoms with E-state index in [1.54, 1.807) is 42.5 Å². The maximum Gasteiger partial charge on any atom is 0.274 e. The molecule has 2 N–H and O–H groups in total. The molecule has 0 spiro atoms. The molecule has 128 valence electrons. The van der Waals surface area contributed by atoms with Gasteiger partial charge in [0.1, 0.15) is 17.8 Å². The maximum atomic E-state index is 12.4. The molecule has 0 unspecified atom stereocenters. The Balaban J connectivity index is 1.76. The summed E-state index contributed by atoms with van der Waals surface area (Å²) in [7, 11) is 0. The van der Waals surface area contributed by atoms with Crippen LogP contribution >= 0.6 is 11.6 Å². The maximum absolute atomic E-state index is 12.4. The topological polar surface area (TPSA) is 90.7 Å². The Hall–Kier alpha value is -3.43. The molecule has 1 heterocycles. The van der Waals surface area contributed by atoms with Gasteiger partial charge in [-0.3, -0.25) is 4.79 Å². The molecule has 0 aliphatic heterocycles. The zero-order chi connectivity index (χ0) is 18.5. The lowest BCUT2D eigenvalue weighted by molar-refractivity contribution is 0.102. The van der Waals surface area contributed by atoms with Gasteiger partial charge in [0.15, 0.2) is 0 Å². The van der Waals surface area contributed by atoms with Crippen molar-refractivity contribution in [3.63, 3.8) is 0 Å². The van der Waals surface area contributed by atoms with Crippen LogP contribution in [0.15, 0.2) is 54.9 Å². The van der Waals surface area contributed by atoms with Crippen molar-refractivity contribution >= 4 is 34.7 Å². The van der Waals surface area contributed by atoms with Crippen molar-refractivity contribution in [3.8, 4) is 6.07 Å². The summed E-state index contributed by atoms with van der Waals surface area (Å²) in [4.78, 5) is 20.5. The molecule has 2 aromatic carbocycles. The minimum atomic E-state index is -0.372. The summed E-state index contributed by atoms with van der Waals surface area (Å²) in [5.41, 5.74) is 3.11. The molecule has 0 aliphatic carbocycles. The number of hydrogen-bond donors (Lipinski definition) is 2. The standard InChI is InChI=1S/C19H14ClN5O/c1-12-2-5-14(20)8-16(12)25-18-9-17(22-11-23-18)19(26)24-15-6-3-13(10-21)4-7-15/h2-9,11H,1H3,(H,24,26)(H,22,23,25). The summed E-state index contributed by atoms with van der Waals surface area (Å²) in [6.45, 7) is 1.94. The largest absolute Gasteiger partial charge is 0.340 e. The quantitative estimate of drug-likeness (QED) is 0.720. The molecule has 0 aliphatic rings. The summed E-state index contributed by atoms with van der Waals surface area (Å²) >= 11 is 6.02. The number of amides is 1. The highest BCUT2D eigenvalue weighted by Crippen LogP contribution is 2.23. The van der Waals surface area contributed by atoms with Gasteiger partial charge in [0, 0.05) is 22.5 Å². The lowest BCUT2D eigenvalue weighted by Gasteiger charge is -2.10. The van der Waals surface area contributed by atoms with Crippen molar-refractivity contribution in [2.45, 2.75) is 6.92 Å². The van der Waals surface area contributed by atoms with E-state index in [0.717, 1.165) is 11.3 Å². The first kappa shape index (κ1) is 17.4. The third-order valence-electron chi connectivity index (χ3n) is 3.63. The number of carbonyl (C=O) groups is 1. The monoisotopic (exact) mass is 363 g/mol. The van der Waals surface area contributed by atoms with E-state index in [0.29, 0.717) is 22.1 Å². The number of halogens is 1. The van der Waals surface area contributed by atoms with Gasteiger partial charge in [-0.2, -0.15) is 5.26 Å². The SMILES string of the molecule is Cc1ccc(Cl)cc1Nc1cc(C(=O)Nc2ccc(C#N)cc2)ncn1. The van der Waals surface area contributed by atoms with Gasteiger partial charge in [0.2, 0.25) is 0 Å². The molecule has 0 radical (unpaired) electrons. The van der Waals surface area contributed by atoms with Crippen molar-refractivity contribution < 1.29 is 4.79 Å². The van der Waals surface area contributed by atoms with Crippen molar-refractivity contribution in [2.24, 2.45) is 0 Å². The molecule has 3 aromatic rings. The van der Waals surface area contributed by atoms with E-state index in [4.69, 9.17) is 16.9 Å². The van der Waals surface area contributed by atoms with Crippen LogP contribution in [0.4, 0.5) is 17.2 Å². The molecule has 6 nitrogen and oxygen atoms in total. The van der Waals surface area contributed by atoms with Gasteiger partial charge in [0.25, 0.3) is 5.91 Å². The Bertz CT molecular complexity index is 996. The van der Waals surface area contributed by atoms with Crippen LogP contribution in [0.1, 0.15) is 21.6 Å². The van der Waals surface area contributed by atoms with Crippen LogP contribution in [0.3, 0.4) is 0 Å². The van der Waals surface area contributed by atoms with Gasteiger partial charge in [-0.05, 0) is 48.9 Å². The van der Waals surface area contributed by atoms with E-state index in [-0.39, 0.29) is 11.6 Å². The first-order valence-corrected chi connectivity index (χ1v) is 8.10. The van der Waals surface area contributed by atoms with Gasteiger partial charge in [-0.1, -0.05) is 17.7 Å². The van der Waals surface area contributed by atoms with Crippen molar-refractivity contribution in [1.82, 2.24) is 9.97 Å². The predicted octanol–water partition coefficient (Wildman–Crippen LogP) is 4.31. The average Bonchev–Trinajstić information content (AvgIpc) is 2.65. The van der Waals surface area contributed by atoms with Crippen LogP contribution < -0.4 is 10.6 Å². The predicted molar refractivity (Wildman–Crippen MR) is 101 cm³/mol. The fraction of sp³-hybridized carbons (Fsp3) is 0.0526. The minimum absolute atomic E-state index is 0.214. The fourth-order valence-electron chi connectivity index (χ4n) is 2.24. The molecular formula is C19H14ClN5O. The molecule has 0 fully saturated rings. The first-order chi connectivity index (χ1) is 12.5. The Labute approximate surface area is 155 Å². The van der Waals surface area contributed by atoms with Crippen LogP contribution in [0, 0.1) is 18.3 Å². The van der Waals surface area contributed by atoms with E-state index < -0.39 is 0 Å². The number of hydrogen-bond acceptors (Lipinski definition) is 5. The summed E-state index contributed by atoms with van der Waals surface area (Å²) in [6.07, 6.45) is 1.32. The fourth-order valence-corrected chi connectivity index (χ4v) is 2.41. The molecule has 0 bridgehead atoms. The molecule has 0 atom stereocenters. The zero-order valence-electron chi connectivity index (χ0n) is 13.8. The molecule has 26 heavy (non-hydrogen) atoms. The summed E-state index contributed by atoms with van der Waals surface area (Å²) in [5, 5.41) is 15.3. The van der Waals surface area contributed by atoms with E-state index in [9.17, 15) is 4.79 Å². The number of nitriles is 1. The van der Waals surface area contributed by atoms with E-state index in [1.807, 2.05) is 19.1 Å². The molecular weight excluding hydrogens is 350 g/mol. The number of aromatic nitrogens is 2. The van der Waals surface area contributed by atoms with Crippen LogP contribution in [-0.2, 0) is 0 Å². The first-order valence-electron chi connectivity index (χ1n) is 7.72. The Morgan fingerprint density at radius 3 is 2.62 bits per heavy atom. The Morgan fingerprint density at radius 2 is 1.88 bits per heavy atom. The molecule has 1 amide bonds. The lowest BCUT2D eigenvalue weighted by atomic mass is 10.2. The number of nitrogens with zero attached hydrogens (tertiary/aromatic N) is 3. The number of rotatable bonds is 4. The average molecular weight is 364 g/mol. The second-order valence-corrected chi connectivity index (χ2v) is 5.95. The number of nitrogens with one attached hydrogen (secondary N) is 2. The van der Waals surface area contributed by atoms with Crippen molar-refractivity contribution in [3.05, 3.63) is 76.7 Å². The van der Waals surface area contributed by atoms with Gasteiger partial charge in [-0.15, -0.1) is 0 Å². The van der Waals surface area contributed by atoms with E-state index in [2.05, 4.69) is 20.6 Å². The van der Waals surface area contributed by atoms with E-state index >= 15 is 0 Å². The number of anilines is 3. The second-order valence-electron chi connectivity index (χ2n) is 5.52.